The summed E-state index contributed by atoms with van der Waals surface area (Å²) in [6, 6.07) is 93.2. The van der Waals surface area contributed by atoms with Crippen LogP contribution in [0.25, 0.3) is 33.2 Å². The summed E-state index contributed by atoms with van der Waals surface area (Å²) in [5.74, 6) is -1.88. The Kier molecular flexibility index (Phi) is 13.8. The predicted molar refractivity (Wildman–Crippen MR) is 405 cm³/mol. The number of carbonyl (C=O) groups is 6. The van der Waals surface area contributed by atoms with E-state index in [1.165, 1.54) is 20.2 Å². The molecule has 492 valence electrons. The molecule has 5 aliphatic rings. The van der Waals surface area contributed by atoms with Gasteiger partial charge in [0.1, 0.15) is 0 Å². The molecule has 5 aliphatic heterocycles. The van der Waals surface area contributed by atoms with Crippen molar-refractivity contribution in [3.05, 3.63) is 346 Å². The molecule has 12 aromatic carbocycles. The van der Waals surface area contributed by atoms with Crippen molar-refractivity contribution in [1.29, 1.82) is 0 Å². The Bertz CT molecular complexity index is 5720. The summed E-state index contributed by atoms with van der Waals surface area (Å²) in [7, 11) is 0. The summed E-state index contributed by atoms with van der Waals surface area (Å²) in [4.78, 5) is 92.9. The first-order chi connectivity index (χ1) is 50.3. The van der Waals surface area contributed by atoms with Crippen LogP contribution in [0.1, 0.15) is 95.8 Å². The second-order valence-electron chi connectivity index (χ2n) is 27.2. The normalized spacial score (nSPS) is 13.7. The molecule has 0 bridgehead atoms. The summed E-state index contributed by atoms with van der Waals surface area (Å²) in [5.41, 5.74) is 24.1. The molecule has 0 saturated heterocycles. The highest BCUT2D eigenvalue weighted by Gasteiger charge is 2.44. The molecule has 0 atom stereocenters. The number of hydrogen-bond donors (Lipinski definition) is 0. The number of rotatable bonds is 15. The van der Waals surface area contributed by atoms with Gasteiger partial charge in [-0.25, -0.2) is 0 Å². The van der Waals surface area contributed by atoms with E-state index in [1.807, 2.05) is 72.8 Å². The fourth-order valence-corrected chi connectivity index (χ4v) is 16.4. The minimum atomic E-state index is -0.323. The van der Waals surface area contributed by atoms with Crippen LogP contribution >= 0.6 is 0 Å². The SMILES string of the molecule is Cc1ccc(N(c2ccc(CN3C(=O)c4ccccc4C3=O)cc2)c2ccc3c4c2cc(C)n4-c2cc(N(c4ccccc4)c4ccccc4)cc4c2B3c2ccc(N(c3ccc(CN5C(=O)c6ccccc6C5=O)cc3)c3ccc(CN5C(=O)c6ccccc6C5=O)cc3)c3cc(C)n-4c23)cc1. The molecular weight excluding hydrogens is 1280 g/mol. The van der Waals surface area contributed by atoms with Crippen molar-refractivity contribution in [3.63, 3.8) is 0 Å². The average Bonchev–Trinajstić information content (AvgIpc) is 1.61. The average molecular weight is 1340 g/mol. The maximum absolute atomic E-state index is 13.7. The third kappa shape index (κ3) is 9.42. The Balaban J connectivity index is 0.782. The molecule has 103 heavy (non-hydrogen) atoms. The molecule has 2 aromatic heterocycles. The molecule has 19 rings (SSSR count). The Hall–Kier alpha value is -13.4. The molecule has 0 fully saturated rings. The van der Waals surface area contributed by atoms with Crippen LogP contribution in [0.4, 0.5) is 51.2 Å². The largest absolute Gasteiger partial charge is 0.315 e. The van der Waals surface area contributed by atoms with E-state index in [2.05, 4.69) is 178 Å². The van der Waals surface area contributed by atoms with Crippen LogP contribution in [0.2, 0.25) is 0 Å². The summed E-state index contributed by atoms with van der Waals surface area (Å²) in [6.45, 7) is 6.54. The van der Waals surface area contributed by atoms with E-state index in [-0.39, 0.29) is 61.8 Å². The lowest BCUT2D eigenvalue weighted by molar-refractivity contribution is 0.0627. The zero-order chi connectivity index (χ0) is 69.6. The number of aromatic nitrogens is 2. The van der Waals surface area contributed by atoms with Gasteiger partial charge in [0.25, 0.3) is 42.2 Å². The van der Waals surface area contributed by atoms with Crippen LogP contribution in [0.5, 0.6) is 0 Å². The van der Waals surface area contributed by atoms with E-state index in [4.69, 9.17) is 0 Å². The number of nitrogens with zero attached hydrogens (tertiary/aromatic N) is 8. The molecule has 0 spiro atoms. The van der Waals surface area contributed by atoms with Crippen LogP contribution in [0.15, 0.2) is 279 Å². The molecule has 0 unspecified atom stereocenters. The third-order valence-corrected chi connectivity index (χ3v) is 21.1. The lowest BCUT2D eigenvalue weighted by atomic mass is 9.34. The quantitative estimate of drug-likeness (QED) is 0.0727. The van der Waals surface area contributed by atoms with Crippen LogP contribution in [-0.2, 0) is 19.6 Å². The zero-order valence-corrected chi connectivity index (χ0v) is 56.3. The number of fused-ring (bicyclic) bond motifs is 7. The van der Waals surface area contributed by atoms with Gasteiger partial charge in [0.2, 0.25) is 0 Å². The van der Waals surface area contributed by atoms with Crippen molar-refractivity contribution in [2.24, 2.45) is 0 Å². The summed E-state index contributed by atoms with van der Waals surface area (Å²) in [6.07, 6.45) is 0. The van der Waals surface area contributed by atoms with Crippen molar-refractivity contribution in [3.8, 4) is 11.4 Å². The number of imide groups is 3. The standard InChI is InChI=1S/C88H61BN8O6/c1-53-26-34-61(35-27-53)96(62-36-28-56(29-37-62)50-90-83(98)66-20-10-11-21-67(66)84(90)99)76-44-42-74-81-72(76)46-54(2)93(81)78-48-65(95(59-16-6-4-7-17-59)60-18-8-5-9-19-60)49-79-80(78)89(74)75-43-45-77(73-47-55(3)94(79)82(73)75)97(63-38-30-57(31-39-63)51-91-85(100)68-22-12-13-23-69(68)86(91)101)64-40-32-58(33-41-64)52-92-87(102)70-24-14-15-25-71(70)88(92)103/h4-49H,50-52H2,1-3H3. The number of anilines is 9. The number of hydrogen-bond acceptors (Lipinski definition) is 9. The van der Waals surface area contributed by atoms with Gasteiger partial charge < -0.3 is 23.8 Å². The number of para-hydroxylation sites is 2. The number of aryl methyl sites for hydroxylation is 3. The van der Waals surface area contributed by atoms with Gasteiger partial charge in [-0.05, 0) is 199 Å². The van der Waals surface area contributed by atoms with Crippen molar-refractivity contribution in [2.45, 2.75) is 40.4 Å². The highest BCUT2D eigenvalue weighted by Crippen LogP contribution is 2.47. The maximum Gasteiger partial charge on any atom is 0.261 e. The summed E-state index contributed by atoms with van der Waals surface area (Å²) >= 11 is 0. The Morgan fingerprint density at radius 2 is 0.583 bits per heavy atom. The van der Waals surface area contributed by atoms with Crippen molar-refractivity contribution >= 4 is 132 Å². The van der Waals surface area contributed by atoms with E-state index in [1.54, 1.807) is 72.8 Å². The van der Waals surface area contributed by atoms with Gasteiger partial charge in [-0.1, -0.05) is 139 Å². The molecule has 0 radical (unpaired) electrons. The van der Waals surface area contributed by atoms with Gasteiger partial charge in [0.15, 0.2) is 0 Å². The van der Waals surface area contributed by atoms with Gasteiger partial charge in [-0.15, -0.1) is 0 Å². The lowest BCUT2D eigenvalue weighted by Gasteiger charge is -2.37. The van der Waals surface area contributed by atoms with Gasteiger partial charge in [-0.3, -0.25) is 43.5 Å². The fourth-order valence-electron chi connectivity index (χ4n) is 16.4. The summed E-state index contributed by atoms with van der Waals surface area (Å²) in [5, 5.41) is 2.06. The van der Waals surface area contributed by atoms with E-state index >= 15 is 0 Å². The Morgan fingerprint density at radius 3 is 0.903 bits per heavy atom. The Labute approximate surface area is 593 Å². The zero-order valence-electron chi connectivity index (χ0n) is 56.3. The molecule has 15 heteroatoms. The molecule has 0 N–H and O–H groups in total. The predicted octanol–water partition coefficient (Wildman–Crippen LogP) is 16.4. The minimum Gasteiger partial charge on any atom is -0.315 e. The number of amides is 6. The molecule has 7 heterocycles. The van der Waals surface area contributed by atoms with E-state index < -0.39 is 0 Å². The molecule has 14 aromatic rings. The molecule has 0 aliphatic carbocycles. The first-order valence-corrected chi connectivity index (χ1v) is 34.5. The smallest absolute Gasteiger partial charge is 0.261 e. The van der Waals surface area contributed by atoms with Crippen LogP contribution in [0, 0.1) is 20.8 Å². The van der Waals surface area contributed by atoms with Crippen molar-refractivity contribution < 1.29 is 28.8 Å². The van der Waals surface area contributed by atoms with Gasteiger partial charge in [0.05, 0.1) is 81.1 Å². The van der Waals surface area contributed by atoms with Crippen molar-refractivity contribution in [1.82, 2.24) is 23.8 Å². The van der Waals surface area contributed by atoms with E-state index in [0.717, 1.165) is 129 Å². The second-order valence-corrected chi connectivity index (χ2v) is 27.2. The van der Waals surface area contributed by atoms with Gasteiger partial charge >= 0.3 is 0 Å². The second kappa shape index (κ2) is 23.4. The lowest BCUT2D eigenvalue weighted by Crippen LogP contribution is -2.59. The molecule has 6 amide bonds. The van der Waals surface area contributed by atoms with E-state index in [0.29, 0.717) is 33.4 Å². The van der Waals surface area contributed by atoms with Crippen molar-refractivity contribution in [2.75, 3.05) is 14.7 Å². The summed E-state index contributed by atoms with van der Waals surface area (Å²) < 4.78 is 4.91. The molecule has 0 saturated carbocycles. The van der Waals surface area contributed by atoms with Crippen LogP contribution in [0.3, 0.4) is 0 Å². The first-order valence-electron chi connectivity index (χ1n) is 34.5. The Morgan fingerprint density at radius 1 is 0.291 bits per heavy atom. The highest BCUT2D eigenvalue weighted by atomic mass is 16.2. The third-order valence-electron chi connectivity index (χ3n) is 21.1. The minimum absolute atomic E-state index is 0.0918. The topological polar surface area (TPSA) is 132 Å². The van der Waals surface area contributed by atoms with Crippen LogP contribution in [-0.4, -0.2) is 66.0 Å². The maximum atomic E-state index is 13.7. The van der Waals surface area contributed by atoms with Crippen LogP contribution < -0.4 is 31.1 Å². The highest BCUT2D eigenvalue weighted by molar-refractivity contribution is 7.00. The first kappa shape index (κ1) is 60.8. The van der Waals surface area contributed by atoms with Gasteiger partial charge in [0, 0.05) is 67.7 Å². The van der Waals surface area contributed by atoms with Gasteiger partial charge in [-0.2, -0.15) is 0 Å². The molecular formula is C88H61BN8O6. The fraction of sp³-hybridized carbons (Fsp3) is 0.0682. The van der Waals surface area contributed by atoms with E-state index in [9.17, 15) is 28.8 Å². The number of benzene rings is 12. The number of carbonyl (C=O) groups excluding carboxylic acids is 6. The monoisotopic (exact) mass is 1340 g/mol. The molecule has 14 nitrogen and oxygen atoms in total.